The fourth-order valence-electron chi connectivity index (χ4n) is 2.85. The van der Waals surface area contributed by atoms with E-state index in [9.17, 15) is 4.79 Å². The van der Waals surface area contributed by atoms with Gasteiger partial charge in [0.2, 0.25) is 0 Å². The van der Waals surface area contributed by atoms with E-state index in [0.29, 0.717) is 5.75 Å². The average molecular weight is 389 g/mol. The molecule has 1 aliphatic rings. The van der Waals surface area contributed by atoms with Crippen LogP contribution in [0.1, 0.15) is 6.92 Å². The standard InChI is InChI=1S/C19H21BrN2O2/c1-15(24-18-9-7-16(20)8-10-18)19(23)22-13-11-21(12-14-22)17-5-3-2-4-6-17/h2-10,15H,11-14H2,1H3. The highest BCUT2D eigenvalue weighted by molar-refractivity contribution is 9.10. The maximum absolute atomic E-state index is 12.6. The normalized spacial score (nSPS) is 15.9. The van der Waals surface area contributed by atoms with Gasteiger partial charge in [0.25, 0.3) is 5.91 Å². The number of carbonyl (C=O) groups excluding carboxylic acids is 1. The maximum Gasteiger partial charge on any atom is 0.263 e. The number of halogens is 1. The number of piperazine rings is 1. The van der Waals surface area contributed by atoms with Gasteiger partial charge in [-0.25, -0.2) is 0 Å². The van der Waals surface area contributed by atoms with Crippen LogP contribution in [0.5, 0.6) is 5.75 Å². The van der Waals surface area contributed by atoms with Crippen molar-refractivity contribution in [1.82, 2.24) is 4.90 Å². The summed E-state index contributed by atoms with van der Waals surface area (Å²) in [4.78, 5) is 16.8. The first kappa shape index (κ1) is 16.8. The van der Waals surface area contributed by atoms with Crippen LogP contribution in [0.25, 0.3) is 0 Å². The van der Waals surface area contributed by atoms with Crippen molar-refractivity contribution in [3.8, 4) is 5.75 Å². The average Bonchev–Trinajstić information content (AvgIpc) is 2.64. The van der Waals surface area contributed by atoms with Crippen LogP contribution in [0.4, 0.5) is 5.69 Å². The molecule has 1 saturated heterocycles. The Morgan fingerprint density at radius 3 is 2.25 bits per heavy atom. The van der Waals surface area contributed by atoms with Gasteiger partial charge in [-0.1, -0.05) is 34.1 Å². The number of anilines is 1. The molecule has 1 unspecified atom stereocenters. The van der Waals surface area contributed by atoms with Gasteiger partial charge >= 0.3 is 0 Å². The van der Waals surface area contributed by atoms with E-state index in [1.165, 1.54) is 5.69 Å². The highest BCUT2D eigenvalue weighted by Gasteiger charge is 2.26. The number of para-hydroxylation sites is 1. The monoisotopic (exact) mass is 388 g/mol. The summed E-state index contributed by atoms with van der Waals surface area (Å²) in [5, 5.41) is 0. The Bertz CT molecular complexity index is 668. The zero-order valence-electron chi connectivity index (χ0n) is 13.7. The largest absolute Gasteiger partial charge is 0.481 e. The van der Waals surface area contributed by atoms with E-state index < -0.39 is 6.10 Å². The highest BCUT2D eigenvalue weighted by Crippen LogP contribution is 2.19. The molecule has 3 rings (SSSR count). The van der Waals surface area contributed by atoms with E-state index in [4.69, 9.17) is 4.74 Å². The number of amides is 1. The molecule has 1 heterocycles. The van der Waals surface area contributed by atoms with Crippen LogP contribution in [-0.2, 0) is 4.79 Å². The maximum atomic E-state index is 12.6. The van der Waals surface area contributed by atoms with Gasteiger partial charge in [-0.15, -0.1) is 0 Å². The van der Waals surface area contributed by atoms with E-state index in [1.54, 1.807) is 0 Å². The van der Waals surface area contributed by atoms with Crippen LogP contribution >= 0.6 is 15.9 Å². The lowest BCUT2D eigenvalue weighted by atomic mass is 10.2. The van der Waals surface area contributed by atoms with E-state index in [1.807, 2.05) is 54.3 Å². The van der Waals surface area contributed by atoms with Crippen molar-refractivity contribution in [3.05, 3.63) is 59.1 Å². The third kappa shape index (κ3) is 4.09. The smallest absolute Gasteiger partial charge is 0.263 e. The van der Waals surface area contributed by atoms with Gasteiger partial charge < -0.3 is 14.5 Å². The molecule has 0 aromatic heterocycles. The summed E-state index contributed by atoms with van der Waals surface area (Å²) in [6.45, 7) is 4.96. The molecule has 2 aromatic carbocycles. The third-order valence-electron chi connectivity index (χ3n) is 4.19. The van der Waals surface area contributed by atoms with Gasteiger partial charge in [0.15, 0.2) is 6.10 Å². The second-order valence-electron chi connectivity index (χ2n) is 5.86. The Morgan fingerprint density at radius 1 is 1.00 bits per heavy atom. The van der Waals surface area contributed by atoms with Crippen molar-refractivity contribution in [3.63, 3.8) is 0 Å². The second-order valence-corrected chi connectivity index (χ2v) is 6.78. The predicted molar refractivity (Wildman–Crippen MR) is 99.5 cm³/mol. The summed E-state index contributed by atoms with van der Waals surface area (Å²) >= 11 is 3.39. The van der Waals surface area contributed by atoms with E-state index >= 15 is 0 Å². The van der Waals surface area contributed by atoms with Crippen molar-refractivity contribution < 1.29 is 9.53 Å². The number of ether oxygens (including phenoxy) is 1. The molecular weight excluding hydrogens is 368 g/mol. The predicted octanol–water partition coefficient (Wildman–Crippen LogP) is 3.57. The number of hydrogen-bond acceptors (Lipinski definition) is 3. The van der Waals surface area contributed by atoms with Gasteiger partial charge in [0.1, 0.15) is 5.75 Å². The molecule has 1 aliphatic heterocycles. The number of benzene rings is 2. The Labute approximate surface area is 151 Å². The molecule has 1 fully saturated rings. The molecule has 5 heteroatoms. The Hall–Kier alpha value is -2.01. The Morgan fingerprint density at radius 2 is 1.62 bits per heavy atom. The summed E-state index contributed by atoms with van der Waals surface area (Å²) in [5.41, 5.74) is 1.21. The van der Waals surface area contributed by atoms with Gasteiger partial charge in [0, 0.05) is 36.3 Å². The van der Waals surface area contributed by atoms with Crippen LogP contribution in [0.3, 0.4) is 0 Å². The van der Waals surface area contributed by atoms with Gasteiger partial charge in [-0.05, 0) is 43.3 Å². The molecule has 1 amide bonds. The molecular formula is C19H21BrN2O2. The summed E-state index contributed by atoms with van der Waals surface area (Å²) in [5.74, 6) is 0.757. The fraction of sp³-hybridized carbons (Fsp3) is 0.316. The SMILES string of the molecule is CC(Oc1ccc(Br)cc1)C(=O)N1CCN(c2ccccc2)CC1. The number of rotatable bonds is 4. The molecule has 0 aliphatic carbocycles. The fourth-order valence-corrected chi connectivity index (χ4v) is 3.11. The summed E-state index contributed by atoms with van der Waals surface area (Å²) in [7, 11) is 0. The second kappa shape index (κ2) is 7.71. The molecule has 0 bridgehead atoms. The van der Waals surface area contributed by atoms with Crippen molar-refractivity contribution in [2.24, 2.45) is 0 Å². The first-order valence-corrected chi connectivity index (χ1v) is 8.94. The summed E-state index contributed by atoms with van der Waals surface area (Å²) in [6.07, 6.45) is -0.477. The lowest BCUT2D eigenvalue weighted by Crippen LogP contribution is -2.52. The highest BCUT2D eigenvalue weighted by atomic mass is 79.9. The first-order valence-electron chi connectivity index (χ1n) is 8.14. The first-order chi connectivity index (χ1) is 11.6. The minimum absolute atomic E-state index is 0.0469. The van der Waals surface area contributed by atoms with Crippen molar-refractivity contribution in [2.75, 3.05) is 31.1 Å². The number of hydrogen-bond donors (Lipinski definition) is 0. The van der Waals surface area contributed by atoms with Crippen molar-refractivity contribution in [2.45, 2.75) is 13.0 Å². The van der Waals surface area contributed by atoms with Crippen LogP contribution in [0, 0.1) is 0 Å². The number of nitrogens with zero attached hydrogens (tertiary/aromatic N) is 2. The van der Waals surface area contributed by atoms with Gasteiger partial charge in [-0.2, -0.15) is 0 Å². The lowest BCUT2D eigenvalue weighted by Gasteiger charge is -2.37. The minimum Gasteiger partial charge on any atom is -0.481 e. The van der Waals surface area contributed by atoms with Crippen LogP contribution < -0.4 is 9.64 Å². The molecule has 0 N–H and O–H groups in total. The van der Waals surface area contributed by atoms with E-state index in [-0.39, 0.29) is 5.91 Å². The van der Waals surface area contributed by atoms with Crippen LogP contribution in [0.15, 0.2) is 59.1 Å². The topological polar surface area (TPSA) is 32.8 Å². The summed E-state index contributed by atoms with van der Waals surface area (Å²) < 4.78 is 6.76. The molecule has 24 heavy (non-hydrogen) atoms. The molecule has 2 aromatic rings. The van der Waals surface area contributed by atoms with Crippen LogP contribution in [0.2, 0.25) is 0 Å². The van der Waals surface area contributed by atoms with Gasteiger partial charge in [-0.3, -0.25) is 4.79 Å². The Kier molecular flexibility index (Phi) is 5.41. The molecule has 0 saturated carbocycles. The van der Waals surface area contributed by atoms with Gasteiger partial charge in [0.05, 0.1) is 0 Å². The molecule has 1 atom stereocenters. The molecule has 0 radical (unpaired) electrons. The Balaban J connectivity index is 1.53. The minimum atomic E-state index is -0.477. The molecule has 126 valence electrons. The van der Waals surface area contributed by atoms with Crippen molar-refractivity contribution in [1.29, 1.82) is 0 Å². The molecule has 4 nitrogen and oxygen atoms in total. The van der Waals surface area contributed by atoms with Crippen molar-refractivity contribution >= 4 is 27.5 Å². The zero-order valence-corrected chi connectivity index (χ0v) is 15.3. The molecule has 0 spiro atoms. The van der Waals surface area contributed by atoms with E-state index in [2.05, 4.69) is 33.0 Å². The number of carbonyl (C=O) groups is 1. The lowest BCUT2D eigenvalue weighted by molar-refractivity contribution is -0.138. The third-order valence-corrected chi connectivity index (χ3v) is 4.72. The zero-order chi connectivity index (χ0) is 16.9. The van der Waals surface area contributed by atoms with Crippen LogP contribution in [-0.4, -0.2) is 43.1 Å². The van der Waals surface area contributed by atoms with E-state index in [0.717, 1.165) is 30.7 Å². The summed E-state index contributed by atoms with van der Waals surface area (Å²) in [6, 6.07) is 17.9. The quantitative estimate of drug-likeness (QED) is 0.802.